The smallest absolute Gasteiger partial charge is 0.164 e. The van der Waals surface area contributed by atoms with Crippen molar-refractivity contribution in [2.45, 2.75) is 0 Å². The molecule has 0 saturated heterocycles. The highest BCUT2D eigenvalue weighted by Crippen LogP contribution is 2.36. The van der Waals surface area contributed by atoms with E-state index in [2.05, 4.69) is 4.98 Å². The van der Waals surface area contributed by atoms with Gasteiger partial charge in [0.15, 0.2) is 17.5 Å². The van der Waals surface area contributed by atoms with Crippen LogP contribution in [0.3, 0.4) is 0 Å². The van der Waals surface area contributed by atoms with Crippen molar-refractivity contribution in [1.29, 1.82) is 0 Å². The van der Waals surface area contributed by atoms with Crippen molar-refractivity contribution in [2.75, 3.05) is 0 Å². The molecule has 3 heterocycles. The number of hydrogen-bond donors (Lipinski definition) is 0. The van der Waals surface area contributed by atoms with Crippen LogP contribution in [0.1, 0.15) is 16.4 Å². The standard InChI is InChI=1S/C39H24N4O/c1-3-11-25(12-4-1)37-40-38(42-39(41-37)27-20-22-32-31-16-8-10-18-35(31)44-36(32)24-27)26-19-21-30-29-15-7-9-17-33(29)43(34(30)23-26)28-13-5-2-6-14-28/h1-24H/i2D,5D,6D,7D,9D,13D,14D,15D,17D,19D,21D,23D. The molecule has 6 aromatic carbocycles. The van der Waals surface area contributed by atoms with Gasteiger partial charge in [-0.15, -0.1) is 0 Å². The van der Waals surface area contributed by atoms with E-state index < -0.39 is 78.2 Å². The van der Waals surface area contributed by atoms with Gasteiger partial charge in [0.1, 0.15) is 11.2 Å². The SMILES string of the molecule is [2H]c1c([2H])c([2H])c(-n2c3c([2H])c([2H])c([2H])c([2H])c3c3c([2H])c([2H])c(-c4nc(-c5ccccc5)nc(-c5ccc6c(c5)oc5ccccc56)n4)c([2H])c32)c([2H])c1[2H]. The van der Waals surface area contributed by atoms with E-state index in [-0.39, 0.29) is 44.8 Å². The summed E-state index contributed by atoms with van der Waals surface area (Å²) >= 11 is 0. The van der Waals surface area contributed by atoms with Gasteiger partial charge in [-0.3, -0.25) is 0 Å². The third-order valence-electron chi connectivity index (χ3n) is 7.40. The predicted octanol–water partition coefficient (Wildman–Crippen LogP) is 9.87. The molecule has 0 aliphatic rings. The van der Waals surface area contributed by atoms with Crippen LogP contribution in [0.4, 0.5) is 0 Å². The summed E-state index contributed by atoms with van der Waals surface area (Å²) in [6.45, 7) is 0. The van der Waals surface area contributed by atoms with Crippen molar-refractivity contribution in [3.05, 3.63) is 145 Å². The minimum absolute atomic E-state index is 0.146. The van der Waals surface area contributed by atoms with Gasteiger partial charge in [-0.2, -0.15) is 0 Å². The second-order valence-corrected chi connectivity index (χ2v) is 9.99. The zero-order chi connectivity index (χ0) is 39.5. The van der Waals surface area contributed by atoms with Crippen LogP contribution in [0, 0.1) is 0 Å². The van der Waals surface area contributed by atoms with Gasteiger partial charge in [-0.1, -0.05) is 103 Å². The zero-order valence-electron chi connectivity index (χ0n) is 34.6. The molecule has 0 radical (unpaired) electrons. The maximum absolute atomic E-state index is 9.69. The van der Waals surface area contributed by atoms with Crippen molar-refractivity contribution in [3.63, 3.8) is 0 Å². The topological polar surface area (TPSA) is 56.7 Å². The molecule has 206 valence electrons. The molecule has 9 aromatic rings. The number of para-hydroxylation sites is 3. The van der Waals surface area contributed by atoms with E-state index in [1.54, 1.807) is 36.4 Å². The highest BCUT2D eigenvalue weighted by atomic mass is 16.3. The first-order valence-corrected chi connectivity index (χ1v) is 13.6. The summed E-state index contributed by atoms with van der Waals surface area (Å²) in [5.41, 5.74) is 0.928. The van der Waals surface area contributed by atoms with Gasteiger partial charge in [0, 0.05) is 43.9 Å². The number of furan rings is 1. The normalized spacial score (nSPS) is 15.5. The number of nitrogens with zero attached hydrogens (tertiary/aromatic N) is 4. The Morgan fingerprint density at radius 1 is 0.500 bits per heavy atom. The average Bonchev–Trinajstić information content (AvgIpc) is 3.77. The third-order valence-corrected chi connectivity index (χ3v) is 7.40. The molecule has 44 heavy (non-hydrogen) atoms. The first kappa shape index (κ1) is 15.4. The number of benzene rings is 6. The van der Waals surface area contributed by atoms with Crippen LogP contribution < -0.4 is 0 Å². The molecule has 0 atom stereocenters. The lowest BCUT2D eigenvalue weighted by atomic mass is 10.1. The molecule has 0 saturated carbocycles. The van der Waals surface area contributed by atoms with E-state index >= 15 is 0 Å². The van der Waals surface area contributed by atoms with Crippen molar-refractivity contribution in [3.8, 4) is 39.9 Å². The molecule has 0 unspecified atom stereocenters. The van der Waals surface area contributed by atoms with E-state index in [1.807, 2.05) is 36.4 Å². The van der Waals surface area contributed by atoms with Crippen molar-refractivity contribution in [2.24, 2.45) is 0 Å². The Morgan fingerprint density at radius 3 is 2.05 bits per heavy atom. The summed E-state index contributed by atoms with van der Waals surface area (Å²) in [5, 5.41) is 1.28. The number of aromatic nitrogens is 4. The maximum atomic E-state index is 9.69. The van der Waals surface area contributed by atoms with Crippen molar-refractivity contribution < 1.29 is 20.9 Å². The van der Waals surface area contributed by atoms with E-state index in [0.717, 1.165) is 15.3 Å². The number of hydrogen-bond acceptors (Lipinski definition) is 4. The summed E-state index contributed by atoms with van der Waals surface area (Å²) in [6.07, 6.45) is 0. The number of fused-ring (bicyclic) bond motifs is 6. The van der Waals surface area contributed by atoms with Gasteiger partial charge in [0.2, 0.25) is 0 Å². The molecule has 0 N–H and O–H groups in total. The van der Waals surface area contributed by atoms with E-state index in [4.69, 9.17) is 26.7 Å². The molecule has 3 aromatic heterocycles. The molecule has 0 aliphatic heterocycles. The third kappa shape index (κ3) is 3.91. The lowest BCUT2D eigenvalue weighted by Crippen LogP contribution is -2.00. The highest BCUT2D eigenvalue weighted by Gasteiger charge is 2.17. The quantitative estimate of drug-likeness (QED) is 0.209. The summed E-state index contributed by atoms with van der Waals surface area (Å²) in [4.78, 5) is 14.2. The number of rotatable bonds is 4. The van der Waals surface area contributed by atoms with Crippen LogP contribution in [0.2, 0.25) is 0 Å². The molecule has 0 aliphatic carbocycles. The molecule has 0 amide bonds. The van der Waals surface area contributed by atoms with Gasteiger partial charge >= 0.3 is 0 Å². The molecule has 9 rings (SSSR count). The fourth-order valence-corrected chi connectivity index (χ4v) is 5.40. The van der Waals surface area contributed by atoms with Crippen LogP contribution in [-0.2, 0) is 0 Å². The highest BCUT2D eigenvalue weighted by molar-refractivity contribution is 6.10. The fraction of sp³-hybridized carbons (Fsp3) is 0. The molecule has 0 bridgehead atoms. The maximum Gasteiger partial charge on any atom is 0.164 e. The van der Waals surface area contributed by atoms with Crippen LogP contribution in [0.25, 0.3) is 83.6 Å². The molecule has 5 nitrogen and oxygen atoms in total. The largest absolute Gasteiger partial charge is 0.456 e. The van der Waals surface area contributed by atoms with E-state index in [9.17, 15) is 4.11 Å². The lowest BCUT2D eigenvalue weighted by molar-refractivity contribution is 0.669. The van der Waals surface area contributed by atoms with Gasteiger partial charge in [0.05, 0.1) is 27.5 Å². The van der Waals surface area contributed by atoms with Gasteiger partial charge in [-0.25, -0.2) is 15.0 Å². The summed E-state index contributed by atoms with van der Waals surface area (Å²) in [6, 6.07) is 14.2. The van der Waals surface area contributed by atoms with Gasteiger partial charge in [0.25, 0.3) is 0 Å². The Kier molecular flexibility index (Phi) is 3.42. The van der Waals surface area contributed by atoms with Crippen LogP contribution in [0.5, 0.6) is 0 Å². The van der Waals surface area contributed by atoms with Crippen molar-refractivity contribution in [1.82, 2.24) is 19.5 Å². The fourth-order valence-electron chi connectivity index (χ4n) is 5.40. The van der Waals surface area contributed by atoms with Crippen molar-refractivity contribution >= 4 is 43.7 Å². The minimum atomic E-state index is -0.720. The van der Waals surface area contributed by atoms with E-state index in [0.29, 0.717) is 22.3 Å². The summed E-state index contributed by atoms with van der Waals surface area (Å²) in [7, 11) is 0. The molecule has 0 spiro atoms. The predicted molar refractivity (Wildman–Crippen MR) is 178 cm³/mol. The van der Waals surface area contributed by atoms with Crippen LogP contribution in [0.15, 0.2) is 150 Å². The van der Waals surface area contributed by atoms with E-state index in [1.165, 1.54) is 0 Å². The Bertz CT molecular complexity index is 3150. The molecular weight excluding hydrogens is 540 g/mol. The Morgan fingerprint density at radius 2 is 1.18 bits per heavy atom. The Balaban J connectivity index is 1.42. The Hall–Kier alpha value is -6.07. The molecular formula is C39H24N4O. The zero-order valence-corrected chi connectivity index (χ0v) is 22.6. The first-order valence-electron chi connectivity index (χ1n) is 19.6. The monoisotopic (exact) mass is 576 g/mol. The van der Waals surface area contributed by atoms with Crippen LogP contribution in [-0.4, -0.2) is 19.5 Å². The second-order valence-electron chi connectivity index (χ2n) is 9.99. The van der Waals surface area contributed by atoms with Gasteiger partial charge < -0.3 is 8.98 Å². The minimum Gasteiger partial charge on any atom is -0.456 e. The Labute approximate surface area is 269 Å². The summed E-state index contributed by atoms with van der Waals surface area (Å²) < 4.78 is 113. The second kappa shape index (κ2) is 9.75. The van der Waals surface area contributed by atoms with Crippen LogP contribution >= 0.6 is 0 Å². The molecule has 0 fully saturated rings. The summed E-state index contributed by atoms with van der Waals surface area (Å²) in [5.74, 6) is 0.125. The average molecular weight is 577 g/mol. The molecule has 5 heteroatoms. The van der Waals surface area contributed by atoms with Gasteiger partial charge in [-0.05, 0) is 42.4 Å². The first-order chi connectivity index (χ1) is 26.8. The lowest BCUT2D eigenvalue weighted by Gasteiger charge is -2.10.